The second-order valence-electron chi connectivity index (χ2n) is 12.3. The van der Waals surface area contributed by atoms with E-state index in [9.17, 15) is 24.3 Å². The number of ketones is 2. The Morgan fingerprint density at radius 1 is 0.719 bits per heavy atom. The summed E-state index contributed by atoms with van der Waals surface area (Å²) < 4.78 is 12.9. The van der Waals surface area contributed by atoms with Crippen LogP contribution in [0.25, 0.3) is 22.5 Å². The molecule has 6 aromatic rings. The number of aliphatic hydroxyl groups is 1. The first-order chi connectivity index (χ1) is 27.4. The van der Waals surface area contributed by atoms with Crippen LogP contribution in [0.1, 0.15) is 54.0 Å². The maximum Gasteiger partial charge on any atom is 0.291 e. The first-order valence-corrected chi connectivity index (χ1v) is 18.1. The van der Waals surface area contributed by atoms with Crippen molar-refractivity contribution in [1.29, 1.82) is 0 Å². The Kier molecular flexibility index (Phi) is 13.6. The molecule has 57 heavy (non-hydrogen) atoms. The van der Waals surface area contributed by atoms with Gasteiger partial charge >= 0.3 is 0 Å². The number of aromatic nitrogens is 6. The molecule has 0 fully saturated rings. The minimum Gasteiger partial charge on any atom is -0.481 e. The number of halogens is 1. The van der Waals surface area contributed by atoms with Crippen molar-refractivity contribution in [3.63, 3.8) is 0 Å². The zero-order valence-corrected chi connectivity index (χ0v) is 32.9. The summed E-state index contributed by atoms with van der Waals surface area (Å²) in [6.45, 7) is 7.01. The fraction of sp³-hybridized carbons (Fsp3) is 0.220. The summed E-state index contributed by atoms with van der Waals surface area (Å²) >= 11 is 6.05. The molecule has 3 N–H and O–H groups in total. The molecule has 0 aliphatic heterocycles. The number of methoxy groups -OCH3 is 2. The number of pyridine rings is 2. The number of nitrogens with one attached hydrogen (secondary N) is 2. The molecule has 0 radical (unpaired) electrons. The highest BCUT2D eigenvalue weighted by atomic mass is 35.5. The SMILES string of the molecule is CCn1nc(-c2ccc(OC)nc2)c(C(C)=O)c(Nc2ccc(CO)cc2)c1=O.CCn1nc(-c2ccnc(OC)c2)c(C(C)=O)c(Nc2cccc(Cl)c2)c1=O. The van der Waals surface area contributed by atoms with E-state index >= 15 is 0 Å². The predicted molar refractivity (Wildman–Crippen MR) is 218 cm³/mol. The van der Waals surface area contributed by atoms with Crippen LogP contribution in [0.15, 0.2) is 94.8 Å². The molecule has 0 bridgehead atoms. The molecule has 2 aromatic carbocycles. The van der Waals surface area contributed by atoms with Gasteiger partial charge in [0.2, 0.25) is 11.8 Å². The maximum atomic E-state index is 12.9. The Hall–Kier alpha value is -6.71. The number of carbonyl (C=O) groups excluding carboxylic acids is 2. The summed E-state index contributed by atoms with van der Waals surface area (Å²) in [6, 6.07) is 20.7. The van der Waals surface area contributed by atoms with Crippen LogP contribution in [0, 0.1) is 0 Å². The first kappa shape index (κ1) is 41.5. The van der Waals surface area contributed by atoms with Gasteiger partial charge in [-0.25, -0.2) is 19.3 Å². The van der Waals surface area contributed by atoms with Gasteiger partial charge in [0, 0.05) is 65.1 Å². The van der Waals surface area contributed by atoms with Crippen molar-refractivity contribution < 1.29 is 24.2 Å². The summed E-state index contributed by atoms with van der Waals surface area (Å²) in [5, 5.41) is 24.6. The van der Waals surface area contributed by atoms with E-state index in [2.05, 4.69) is 30.8 Å². The van der Waals surface area contributed by atoms with Crippen LogP contribution in [0.5, 0.6) is 11.8 Å². The number of aliphatic hydroxyl groups excluding tert-OH is 1. The van der Waals surface area contributed by atoms with E-state index in [1.807, 2.05) is 6.92 Å². The third-order valence-electron chi connectivity index (χ3n) is 8.55. The standard InChI is InChI=1S/C21H22N4O4.C20H19ClN4O3/c1-4-25-21(28)20(23-16-8-5-14(12-26)6-9-16)18(13(2)27)19(24-25)15-7-10-17(29-3)22-11-15;1-4-25-20(27)19(23-15-7-5-6-14(21)11-15)17(12(2)26)18(24-25)13-8-9-22-16(10-13)28-3/h5-11,23,26H,4,12H2,1-3H3;5-11,23H,4H2,1-3H3. The summed E-state index contributed by atoms with van der Waals surface area (Å²) in [5.74, 6) is 0.234. The molecule has 16 heteroatoms. The van der Waals surface area contributed by atoms with Gasteiger partial charge < -0.3 is 25.2 Å². The topological polar surface area (TPSA) is 192 Å². The fourth-order valence-corrected chi connectivity index (χ4v) is 5.94. The number of hydrogen-bond acceptors (Lipinski definition) is 13. The van der Waals surface area contributed by atoms with Crippen LogP contribution in [0.2, 0.25) is 5.02 Å². The Balaban J connectivity index is 0.000000218. The summed E-state index contributed by atoms with van der Waals surface area (Å²) in [4.78, 5) is 59.2. The molecule has 6 rings (SSSR count). The van der Waals surface area contributed by atoms with Crippen LogP contribution in [-0.2, 0) is 19.7 Å². The van der Waals surface area contributed by atoms with Crippen molar-refractivity contribution in [2.24, 2.45) is 0 Å². The minimum atomic E-state index is -0.394. The number of Topliss-reactive ketones (excluding diaryl/α,β-unsaturated/α-hetero) is 2. The van der Waals surface area contributed by atoms with Gasteiger partial charge in [-0.1, -0.05) is 29.8 Å². The van der Waals surface area contributed by atoms with E-state index < -0.39 is 11.1 Å². The summed E-state index contributed by atoms with van der Waals surface area (Å²) in [7, 11) is 3.02. The highest BCUT2D eigenvalue weighted by Crippen LogP contribution is 2.31. The van der Waals surface area contributed by atoms with Gasteiger partial charge in [0.25, 0.3) is 11.1 Å². The Morgan fingerprint density at radius 2 is 1.30 bits per heavy atom. The van der Waals surface area contributed by atoms with Crippen molar-refractivity contribution in [2.45, 2.75) is 47.4 Å². The average molecular weight is 793 g/mol. The van der Waals surface area contributed by atoms with Crippen molar-refractivity contribution in [2.75, 3.05) is 24.9 Å². The number of carbonyl (C=O) groups is 2. The van der Waals surface area contributed by atoms with Crippen molar-refractivity contribution in [1.82, 2.24) is 29.5 Å². The van der Waals surface area contributed by atoms with E-state index in [1.54, 1.807) is 92.1 Å². The molecule has 0 atom stereocenters. The maximum absolute atomic E-state index is 12.9. The van der Waals surface area contributed by atoms with E-state index in [0.717, 1.165) is 5.56 Å². The lowest BCUT2D eigenvalue weighted by Crippen LogP contribution is -2.28. The highest BCUT2D eigenvalue weighted by Gasteiger charge is 2.24. The third-order valence-corrected chi connectivity index (χ3v) is 8.79. The van der Waals surface area contributed by atoms with Crippen LogP contribution in [-0.4, -0.2) is 60.4 Å². The zero-order chi connectivity index (χ0) is 41.2. The summed E-state index contributed by atoms with van der Waals surface area (Å²) in [6.07, 6.45) is 3.11. The molecule has 0 amide bonds. The molecule has 4 heterocycles. The van der Waals surface area contributed by atoms with E-state index in [-0.39, 0.29) is 40.7 Å². The molecule has 0 spiro atoms. The smallest absolute Gasteiger partial charge is 0.291 e. The second kappa shape index (κ2) is 18.8. The van der Waals surface area contributed by atoms with Crippen molar-refractivity contribution >= 4 is 45.9 Å². The van der Waals surface area contributed by atoms with Gasteiger partial charge in [-0.2, -0.15) is 10.2 Å². The molecule has 0 unspecified atom stereocenters. The van der Waals surface area contributed by atoms with Crippen LogP contribution < -0.4 is 31.2 Å². The van der Waals surface area contributed by atoms with Crippen LogP contribution in [0.4, 0.5) is 22.7 Å². The second-order valence-corrected chi connectivity index (χ2v) is 12.8. The molecule has 294 valence electrons. The highest BCUT2D eigenvalue weighted by molar-refractivity contribution is 6.30. The number of ether oxygens (including phenoxy) is 2. The summed E-state index contributed by atoms with van der Waals surface area (Å²) in [5.41, 5.74) is 3.82. The van der Waals surface area contributed by atoms with Gasteiger partial charge in [0.05, 0.1) is 32.0 Å². The molecule has 0 saturated carbocycles. The zero-order valence-electron chi connectivity index (χ0n) is 32.2. The van der Waals surface area contributed by atoms with Crippen LogP contribution in [0.3, 0.4) is 0 Å². The number of benzene rings is 2. The van der Waals surface area contributed by atoms with Gasteiger partial charge in [-0.3, -0.25) is 19.2 Å². The molecule has 0 aliphatic rings. The third kappa shape index (κ3) is 9.58. The van der Waals surface area contributed by atoms with Crippen molar-refractivity contribution in [3.05, 3.63) is 128 Å². The Bertz CT molecular complexity index is 2520. The first-order valence-electron chi connectivity index (χ1n) is 17.7. The van der Waals surface area contributed by atoms with Crippen LogP contribution >= 0.6 is 11.6 Å². The number of hydrogen-bond donors (Lipinski definition) is 3. The molecule has 0 aliphatic carbocycles. The number of rotatable bonds is 13. The van der Waals surface area contributed by atoms with Gasteiger partial charge in [-0.05, 0) is 75.7 Å². The fourth-order valence-electron chi connectivity index (χ4n) is 5.75. The van der Waals surface area contributed by atoms with Gasteiger partial charge in [-0.15, -0.1) is 0 Å². The van der Waals surface area contributed by atoms with Crippen molar-refractivity contribution in [3.8, 4) is 34.3 Å². The van der Waals surface area contributed by atoms with E-state index in [4.69, 9.17) is 21.1 Å². The molecular formula is C41H41ClN8O7. The molecular weight excluding hydrogens is 752 g/mol. The quantitative estimate of drug-likeness (QED) is 0.105. The lowest BCUT2D eigenvalue weighted by atomic mass is 10.0. The molecule has 0 saturated heterocycles. The largest absolute Gasteiger partial charge is 0.481 e. The lowest BCUT2D eigenvalue weighted by molar-refractivity contribution is 0.101. The van der Waals surface area contributed by atoms with E-state index in [1.165, 1.54) is 37.4 Å². The lowest BCUT2D eigenvalue weighted by Gasteiger charge is -2.16. The normalized spacial score (nSPS) is 10.6. The molecule has 4 aromatic heterocycles. The Labute approximate surface area is 332 Å². The van der Waals surface area contributed by atoms with E-state index in [0.29, 0.717) is 63.8 Å². The minimum absolute atomic E-state index is 0.0779. The number of nitrogens with zero attached hydrogens (tertiary/aromatic N) is 6. The number of anilines is 4. The number of aryl methyl sites for hydroxylation is 2. The Morgan fingerprint density at radius 3 is 1.79 bits per heavy atom. The van der Waals surface area contributed by atoms with Gasteiger partial charge in [0.1, 0.15) is 22.8 Å². The molecule has 15 nitrogen and oxygen atoms in total. The monoisotopic (exact) mass is 792 g/mol. The van der Waals surface area contributed by atoms with Gasteiger partial charge in [0.15, 0.2) is 11.6 Å². The average Bonchev–Trinajstić information content (AvgIpc) is 3.22. The predicted octanol–water partition coefficient (Wildman–Crippen LogP) is 6.71.